The number of carbonyl (C=O) groups is 1. The van der Waals surface area contributed by atoms with Crippen molar-refractivity contribution in [3.05, 3.63) is 34.3 Å². The Morgan fingerprint density at radius 1 is 1.38 bits per heavy atom. The molecule has 1 rings (SSSR count). The zero-order valence-electron chi connectivity index (χ0n) is 9.40. The molecule has 0 heterocycles. The van der Waals surface area contributed by atoms with Gasteiger partial charge in [-0.05, 0) is 23.6 Å². The quantitative estimate of drug-likeness (QED) is 0.890. The van der Waals surface area contributed by atoms with E-state index >= 15 is 0 Å². The Labute approximate surface area is 104 Å². The second-order valence-corrected chi connectivity index (χ2v) is 5.00. The standard InChI is InChI=1S/C12H16BrNO2/c1-8(2)11(7-14-12(15)16)9-3-5-10(13)6-4-9/h3-6,8,11,14H,7H2,1-2H3,(H,15,16). The van der Waals surface area contributed by atoms with Crippen LogP contribution in [0.4, 0.5) is 4.79 Å². The molecule has 0 radical (unpaired) electrons. The summed E-state index contributed by atoms with van der Waals surface area (Å²) in [7, 11) is 0. The summed E-state index contributed by atoms with van der Waals surface area (Å²) in [6.45, 7) is 4.64. The highest BCUT2D eigenvalue weighted by molar-refractivity contribution is 9.10. The maximum Gasteiger partial charge on any atom is 0.404 e. The van der Waals surface area contributed by atoms with Crippen molar-refractivity contribution < 1.29 is 9.90 Å². The van der Waals surface area contributed by atoms with E-state index in [-0.39, 0.29) is 5.92 Å². The number of hydrogen-bond acceptors (Lipinski definition) is 1. The molecule has 1 atom stereocenters. The molecule has 0 spiro atoms. The Morgan fingerprint density at radius 3 is 2.38 bits per heavy atom. The summed E-state index contributed by atoms with van der Waals surface area (Å²) in [6, 6.07) is 8.01. The predicted octanol–water partition coefficient (Wildman–Crippen LogP) is 3.46. The van der Waals surface area contributed by atoms with E-state index < -0.39 is 6.09 Å². The normalized spacial score (nSPS) is 12.5. The van der Waals surface area contributed by atoms with Crippen LogP contribution in [0.1, 0.15) is 25.3 Å². The van der Waals surface area contributed by atoms with Gasteiger partial charge in [0.15, 0.2) is 0 Å². The van der Waals surface area contributed by atoms with Crippen molar-refractivity contribution in [2.45, 2.75) is 19.8 Å². The van der Waals surface area contributed by atoms with Crippen molar-refractivity contribution in [2.75, 3.05) is 6.54 Å². The number of rotatable bonds is 4. The van der Waals surface area contributed by atoms with Crippen LogP contribution in [-0.2, 0) is 0 Å². The minimum absolute atomic E-state index is 0.212. The lowest BCUT2D eigenvalue weighted by atomic mass is 9.88. The van der Waals surface area contributed by atoms with E-state index in [1.165, 1.54) is 0 Å². The highest BCUT2D eigenvalue weighted by atomic mass is 79.9. The average molecular weight is 286 g/mol. The Morgan fingerprint density at radius 2 is 1.94 bits per heavy atom. The molecule has 1 aromatic carbocycles. The largest absolute Gasteiger partial charge is 0.465 e. The third kappa shape index (κ3) is 3.85. The van der Waals surface area contributed by atoms with Gasteiger partial charge in [0.05, 0.1) is 0 Å². The van der Waals surface area contributed by atoms with Gasteiger partial charge in [0.1, 0.15) is 0 Å². The molecule has 0 aliphatic rings. The Kier molecular flexibility index (Phi) is 4.80. The molecule has 0 aliphatic carbocycles. The van der Waals surface area contributed by atoms with Gasteiger partial charge in [-0.15, -0.1) is 0 Å². The lowest BCUT2D eigenvalue weighted by molar-refractivity contribution is 0.193. The average Bonchev–Trinajstić information content (AvgIpc) is 2.20. The number of carboxylic acid groups (broad SMARTS) is 1. The zero-order chi connectivity index (χ0) is 12.1. The summed E-state index contributed by atoms with van der Waals surface area (Å²) in [5.41, 5.74) is 1.16. The first kappa shape index (κ1) is 13.0. The Balaban J connectivity index is 2.77. The molecule has 0 bridgehead atoms. The summed E-state index contributed by atoms with van der Waals surface area (Å²) in [6.07, 6.45) is -0.970. The predicted molar refractivity (Wildman–Crippen MR) is 67.7 cm³/mol. The number of amides is 1. The van der Waals surface area contributed by atoms with E-state index in [4.69, 9.17) is 5.11 Å². The van der Waals surface area contributed by atoms with Gasteiger partial charge in [0.25, 0.3) is 0 Å². The van der Waals surface area contributed by atoms with Crippen molar-refractivity contribution >= 4 is 22.0 Å². The molecule has 88 valence electrons. The summed E-state index contributed by atoms with van der Waals surface area (Å²) in [4.78, 5) is 10.5. The van der Waals surface area contributed by atoms with E-state index in [1.54, 1.807) is 0 Å². The third-order valence-electron chi connectivity index (χ3n) is 2.58. The number of benzene rings is 1. The monoisotopic (exact) mass is 285 g/mol. The molecule has 1 amide bonds. The fourth-order valence-corrected chi connectivity index (χ4v) is 1.91. The molecule has 0 aromatic heterocycles. The van der Waals surface area contributed by atoms with Crippen LogP contribution in [-0.4, -0.2) is 17.7 Å². The molecule has 3 nitrogen and oxygen atoms in total. The van der Waals surface area contributed by atoms with Crippen molar-refractivity contribution in [2.24, 2.45) is 5.92 Å². The molecule has 1 unspecified atom stereocenters. The van der Waals surface area contributed by atoms with E-state index in [2.05, 4.69) is 35.1 Å². The van der Waals surface area contributed by atoms with Gasteiger partial charge >= 0.3 is 6.09 Å². The highest BCUT2D eigenvalue weighted by Crippen LogP contribution is 2.25. The van der Waals surface area contributed by atoms with Gasteiger partial charge in [-0.2, -0.15) is 0 Å². The second kappa shape index (κ2) is 5.89. The fourth-order valence-electron chi connectivity index (χ4n) is 1.65. The SMILES string of the molecule is CC(C)C(CNC(=O)O)c1ccc(Br)cc1. The molecule has 0 saturated heterocycles. The van der Waals surface area contributed by atoms with Crippen LogP contribution in [0, 0.1) is 5.92 Å². The van der Waals surface area contributed by atoms with Gasteiger partial charge in [-0.3, -0.25) is 0 Å². The fraction of sp³-hybridized carbons (Fsp3) is 0.417. The maximum atomic E-state index is 10.5. The van der Waals surface area contributed by atoms with Gasteiger partial charge in [0, 0.05) is 16.9 Å². The summed E-state index contributed by atoms with van der Waals surface area (Å²) in [5, 5.41) is 11.1. The third-order valence-corrected chi connectivity index (χ3v) is 3.10. The van der Waals surface area contributed by atoms with Crippen LogP contribution in [0.2, 0.25) is 0 Å². The van der Waals surface area contributed by atoms with Crippen molar-refractivity contribution in [1.82, 2.24) is 5.32 Å². The van der Waals surface area contributed by atoms with Crippen LogP contribution < -0.4 is 5.32 Å². The topological polar surface area (TPSA) is 49.3 Å². The van der Waals surface area contributed by atoms with Gasteiger partial charge in [0.2, 0.25) is 0 Å². The van der Waals surface area contributed by atoms with Crippen LogP contribution >= 0.6 is 15.9 Å². The Bertz CT molecular complexity index is 349. The molecular weight excluding hydrogens is 270 g/mol. The van der Waals surface area contributed by atoms with E-state index in [9.17, 15) is 4.79 Å². The first-order chi connectivity index (χ1) is 7.50. The smallest absolute Gasteiger partial charge is 0.404 e. The summed E-state index contributed by atoms with van der Waals surface area (Å²) >= 11 is 3.38. The minimum atomic E-state index is -0.970. The minimum Gasteiger partial charge on any atom is -0.465 e. The molecule has 0 aliphatic heterocycles. The maximum absolute atomic E-state index is 10.5. The Hall–Kier alpha value is -1.03. The van der Waals surface area contributed by atoms with E-state index in [1.807, 2.05) is 24.3 Å². The summed E-state index contributed by atoms with van der Waals surface area (Å²) in [5.74, 6) is 0.609. The van der Waals surface area contributed by atoms with Gasteiger partial charge in [-0.1, -0.05) is 41.9 Å². The van der Waals surface area contributed by atoms with Crippen LogP contribution in [0.5, 0.6) is 0 Å². The van der Waals surface area contributed by atoms with Gasteiger partial charge < -0.3 is 10.4 Å². The van der Waals surface area contributed by atoms with Gasteiger partial charge in [-0.25, -0.2) is 4.79 Å². The molecule has 0 saturated carbocycles. The van der Waals surface area contributed by atoms with E-state index in [0.717, 1.165) is 10.0 Å². The molecule has 1 aromatic rings. The van der Waals surface area contributed by atoms with Crippen LogP contribution in [0.3, 0.4) is 0 Å². The van der Waals surface area contributed by atoms with Crippen LogP contribution in [0.15, 0.2) is 28.7 Å². The van der Waals surface area contributed by atoms with Crippen molar-refractivity contribution in [3.63, 3.8) is 0 Å². The van der Waals surface area contributed by atoms with E-state index in [0.29, 0.717) is 12.5 Å². The highest BCUT2D eigenvalue weighted by Gasteiger charge is 2.16. The first-order valence-electron chi connectivity index (χ1n) is 5.23. The molecule has 2 N–H and O–H groups in total. The van der Waals surface area contributed by atoms with Crippen molar-refractivity contribution in [3.8, 4) is 0 Å². The number of hydrogen-bond donors (Lipinski definition) is 2. The second-order valence-electron chi connectivity index (χ2n) is 4.09. The molecule has 4 heteroatoms. The lowest BCUT2D eigenvalue weighted by Crippen LogP contribution is -2.28. The molecular formula is C12H16BrNO2. The van der Waals surface area contributed by atoms with Crippen LogP contribution in [0.25, 0.3) is 0 Å². The molecule has 0 fully saturated rings. The summed E-state index contributed by atoms with van der Waals surface area (Å²) < 4.78 is 1.03. The number of nitrogens with one attached hydrogen (secondary N) is 1. The number of halogens is 1. The lowest BCUT2D eigenvalue weighted by Gasteiger charge is -2.21. The zero-order valence-corrected chi connectivity index (χ0v) is 11.0. The van der Waals surface area contributed by atoms with Crippen molar-refractivity contribution in [1.29, 1.82) is 0 Å². The molecule has 16 heavy (non-hydrogen) atoms. The first-order valence-corrected chi connectivity index (χ1v) is 6.02.